The number of ether oxygens (including phenoxy) is 2. The summed E-state index contributed by atoms with van der Waals surface area (Å²) in [6.45, 7) is 6.14. The molecule has 0 aromatic heterocycles. The quantitative estimate of drug-likeness (QED) is 0.642. The second-order valence-corrected chi connectivity index (χ2v) is 7.06. The van der Waals surface area contributed by atoms with Crippen LogP contribution in [0.25, 0.3) is 0 Å². The van der Waals surface area contributed by atoms with Crippen molar-refractivity contribution in [3.05, 3.63) is 59.7 Å². The summed E-state index contributed by atoms with van der Waals surface area (Å²) in [5.74, 6) is 0.906. The van der Waals surface area contributed by atoms with Gasteiger partial charge in [-0.2, -0.15) is 0 Å². The number of nitrogens with one attached hydrogen (secondary N) is 1. The standard InChI is InChI=1S/C23H30N2O3/c1-4-16-28-19-13-11-18(12-14-19)23(5-2)24-21-10-7-6-9-20(21)22(26)25(23)15-8-17-27-3/h6-7,9-14,24H,4-5,8,15-17H2,1-3H3. The molecule has 0 bridgehead atoms. The number of rotatable bonds is 9. The second-order valence-electron chi connectivity index (χ2n) is 7.06. The molecular formula is C23H30N2O3. The van der Waals surface area contributed by atoms with Crippen molar-refractivity contribution in [1.82, 2.24) is 4.90 Å². The normalized spacial score (nSPS) is 18.5. The molecule has 1 amide bonds. The first-order valence-corrected chi connectivity index (χ1v) is 10.1. The number of carbonyl (C=O) groups excluding carboxylic acids is 1. The zero-order valence-corrected chi connectivity index (χ0v) is 17.0. The Labute approximate surface area is 167 Å². The average molecular weight is 383 g/mol. The summed E-state index contributed by atoms with van der Waals surface area (Å²) >= 11 is 0. The van der Waals surface area contributed by atoms with Gasteiger partial charge in [-0.1, -0.05) is 38.1 Å². The van der Waals surface area contributed by atoms with Crippen molar-refractivity contribution < 1.29 is 14.3 Å². The van der Waals surface area contributed by atoms with Crippen LogP contribution in [0.4, 0.5) is 5.69 Å². The molecule has 1 unspecified atom stereocenters. The summed E-state index contributed by atoms with van der Waals surface area (Å²) in [5.41, 5.74) is 2.05. The molecule has 1 heterocycles. The summed E-state index contributed by atoms with van der Waals surface area (Å²) in [5, 5.41) is 3.67. The molecular weight excluding hydrogens is 352 g/mol. The fourth-order valence-electron chi connectivity index (χ4n) is 3.81. The Hall–Kier alpha value is -2.53. The molecule has 150 valence electrons. The van der Waals surface area contributed by atoms with E-state index in [1.807, 2.05) is 41.3 Å². The van der Waals surface area contributed by atoms with Crippen molar-refractivity contribution in [2.45, 2.75) is 38.8 Å². The lowest BCUT2D eigenvalue weighted by atomic mass is 9.89. The fraction of sp³-hybridized carbons (Fsp3) is 0.435. The van der Waals surface area contributed by atoms with Crippen LogP contribution >= 0.6 is 0 Å². The Balaban J connectivity index is 1.99. The number of amides is 1. The molecule has 1 atom stereocenters. The van der Waals surface area contributed by atoms with Crippen LogP contribution in [0.2, 0.25) is 0 Å². The first-order chi connectivity index (χ1) is 13.7. The Morgan fingerprint density at radius 1 is 1.04 bits per heavy atom. The Morgan fingerprint density at radius 2 is 1.79 bits per heavy atom. The highest BCUT2D eigenvalue weighted by Crippen LogP contribution is 2.40. The van der Waals surface area contributed by atoms with Gasteiger partial charge in [0, 0.05) is 25.9 Å². The van der Waals surface area contributed by atoms with E-state index in [4.69, 9.17) is 9.47 Å². The third-order valence-electron chi connectivity index (χ3n) is 5.25. The molecule has 2 aromatic rings. The van der Waals surface area contributed by atoms with Gasteiger partial charge in [-0.05, 0) is 49.1 Å². The summed E-state index contributed by atoms with van der Waals surface area (Å²) in [6.07, 6.45) is 2.50. The Kier molecular flexibility index (Phi) is 6.57. The molecule has 1 aliphatic rings. The van der Waals surface area contributed by atoms with Crippen molar-refractivity contribution in [2.24, 2.45) is 0 Å². The molecule has 5 nitrogen and oxygen atoms in total. The predicted octanol–water partition coefficient (Wildman–Crippen LogP) is 4.64. The van der Waals surface area contributed by atoms with E-state index in [1.54, 1.807) is 7.11 Å². The van der Waals surface area contributed by atoms with E-state index in [0.717, 1.165) is 36.3 Å². The topological polar surface area (TPSA) is 50.8 Å². The highest BCUT2D eigenvalue weighted by molar-refractivity contribution is 6.02. The molecule has 3 rings (SSSR count). The number of fused-ring (bicyclic) bond motifs is 1. The van der Waals surface area contributed by atoms with E-state index in [-0.39, 0.29) is 5.91 Å². The number of methoxy groups -OCH3 is 1. The summed E-state index contributed by atoms with van der Waals surface area (Å²) in [6, 6.07) is 15.8. The van der Waals surface area contributed by atoms with Crippen molar-refractivity contribution in [3.8, 4) is 5.75 Å². The highest BCUT2D eigenvalue weighted by atomic mass is 16.5. The van der Waals surface area contributed by atoms with Crippen molar-refractivity contribution in [1.29, 1.82) is 0 Å². The smallest absolute Gasteiger partial charge is 0.258 e. The Bertz CT molecular complexity index is 791. The SMILES string of the molecule is CCCOc1ccc(C2(CC)Nc3ccccc3C(=O)N2CCCOC)cc1. The molecule has 0 aliphatic carbocycles. The number of nitrogens with zero attached hydrogens (tertiary/aromatic N) is 1. The van der Waals surface area contributed by atoms with Gasteiger partial charge >= 0.3 is 0 Å². The van der Waals surface area contributed by atoms with Crippen LogP contribution in [0.5, 0.6) is 5.75 Å². The molecule has 5 heteroatoms. The van der Waals surface area contributed by atoms with Crippen LogP contribution in [-0.4, -0.2) is 37.7 Å². The van der Waals surface area contributed by atoms with Crippen LogP contribution in [0.15, 0.2) is 48.5 Å². The first kappa shape index (κ1) is 20.2. The first-order valence-electron chi connectivity index (χ1n) is 10.1. The third kappa shape index (κ3) is 3.85. The maximum Gasteiger partial charge on any atom is 0.258 e. The lowest BCUT2D eigenvalue weighted by Gasteiger charge is -2.48. The van der Waals surface area contributed by atoms with Gasteiger partial charge in [0.1, 0.15) is 11.4 Å². The number of para-hydroxylation sites is 1. The second kappa shape index (κ2) is 9.11. The van der Waals surface area contributed by atoms with Crippen LogP contribution in [0.3, 0.4) is 0 Å². The lowest BCUT2D eigenvalue weighted by Crippen LogP contribution is -2.57. The minimum absolute atomic E-state index is 0.0543. The minimum atomic E-state index is -0.595. The van der Waals surface area contributed by atoms with Gasteiger partial charge in [-0.3, -0.25) is 4.79 Å². The van der Waals surface area contributed by atoms with Gasteiger partial charge < -0.3 is 19.7 Å². The van der Waals surface area contributed by atoms with Gasteiger partial charge in [-0.15, -0.1) is 0 Å². The molecule has 1 aliphatic heterocycles. The fourth-order valence-corrected chi connectivity index (χ4v) is 3.81. The molecule has 0 spiro atoms. The van der Waals surface area contributed by atoms with E-state index in [9.17, 15) is 4.79 Å². The minimum Gasteiger partial charge on any atom is -0.494 e. The number of benzene rings is 2. The number of anilines is 1. The summed E-state index contributed by atoms with van der Waals surface area (Å²) in [4.78, 5) is 15.3. The molecule has 2 aromatic carbocycles. The summed E-state index contributed by atoms with van der Waals surface area (Å²) in [7, 11) is 1.69. The summed E-state index contributed by atoms with van der Waals surface area (Å²) < 4.78 is 11.0. The number of hydrogen-bond donors (Lipinski definition) is 1. The average Bonchev–Trinajstić information content (AvgIpc) is 2.74. The molecule has 0 saturated heterocycles. The zero-order valence-electron chi connectivity index (χ0n) is 17.0. The highest BCUT2D eigenvalue weighted by Gasteiger charge is 2.44. The van der Waals surface area contributed by atoms with Crippen LogP contribution in [0, 0.1) is 0 Å². The largest absolute Gasteiger partial charge is 0.494 e. The van der Waals surface area contributed by atoms with Crippen LogP contribution in [0.1, 0.15) is 49.0 Å². The molecule has 0 saturated carbocycles. The molecule has 1 N–H and O–H groups in total. The van der Waals surface area contributed by atoms with Gasteiger partial charge in [0.05, 0.1) is 12.2 Å². The number of carbonyl (C=O) groups is 1. The van der Waals surface area contributed by atoms with Gasteiger partial charge in [0.2, 0.25) is 0 Å². The predicted molar refractivity (Wildman–Crippen MR) is 112 cm³/mol. The van der Waals surface area contributed by atoms with Crippen LogP contribution in [-0.2, 0) is 10.4 Å². The monoisotopic (exact) mass is 382 g/mol. The third-order valence-corrected chi connectivity index (χ3v) is 5.25. The van der Waals surface area contributed by atoms with Crippen LogP contribution < -0.4 is 10.1 Å². The van der Waals surface area contributed by atoms with E-state index in [2.05, 4.69) is 31.3 Å². The zero-order chi connectivity index (χ0) is 20.0. The van der Waals surface area contributed by atoms with E-state index >= 15 is 0 Å². The van der Waals surface area contributed by atoms with Gasteiger partial charge in [-0.25, -0.2) is 0 Å². The maximum atomic E-state index is 13.4. The van der Waals surface area contributed by atoms with Crippen molar-refractivity contribution in [2.75, 3.05) is 32.2 Å². The van der Waals surface area contributed by atoms with Gasteiger partial charge in [0.15, 0.2) is 0 Å². The lowest BCUT2D eigenvalue weighted by molar-refractivity contribution is 0.0451. The Morgan fingerprint density at radius 3 is 2.46 bits per heavy atom. The van der Waals surface area contributed by atoms with E-state index < -0.39 is 5.66 Å². The number of hydrogen-bond acceptors (Lipinski definition) is 4. The molecule has 28 heavy (non-hydrogen) atoms. The molecule has 0 fully saturated rings. The van der Waals surface area contributed by atoms with E-state index in [0.29, 0.717) is 25.3 Å². The van der Waals surface area contributed by atoms with Crippen molar-refractivity contribution in [3.63, 3.8) is 0 Å². The van der Waals surface area contributed by atoms with E-state index in [1.165, 1.54) is 0 Å². The molecule has 0 radical (unpaired) electrons. The maximum absolute atomic E-state index is 13.4. The van der Waals surface area contributed by atoms with Gasteiger partial charge in [0.25, 0.3) is 5.91 Å². The van der Waals surface area contributed by atoms with Crippen molar-refractivity contribution >= 4 is 11.6 Å².